The highest BCUT2D eigenvalue weighted by atomic mass is 16.6. The molecule has 0 fully saturated rings. The molecule has 1 rings (SSSR count). The van der Waals surface area contributed by atoms with Crippen molar-refractivity contribution in [1.82, 2.24) is 15.1 Å². The maximum Gasteiger partial charge on any atom is 0.306 e. The van der Waals surface area contributed by atoms with Crippen molar-refractivity contribution in [3.05, 3.63) is 22.5 Å². The molecule has 0 bridgehead atoms. The highest BCUT2D eigenvalue weighted by Gasteiger charge is 2.12. The van der Waals surface area contributed by atoms with Crippen LogP contribution in [0.3, 0.4) is 0 Å². The molecule has 0 radical (unpaired) electrons. The summed E-state index contributed by atoms with van der Waals surface area (Å²) in [7, 11) is 0. The van der Waals surface area contributed by atoms with Crippen molar-refractivity contribution in [2.75, 3.05) is 13.2 Å². The van der Waals surface area contributed by atoms with E-state index in [0.717, 1.165) is 19.0 Å². The van der Waals surface area contributed by atoms with Crippen LogP contribution in [0, 0.1) is 10.1 Å². The average molecular weight is 272 g/mol. The molecule has 1 heterocycles. The Labute approximate surface area is 111 Å². The molecule has 3 N–H and O–H groups in total. The van der Waals surface area contributed by atoms with Gasteiger partial charge < -0.3 is 15.5 Å². The first-order valence-corrected chi connectivity index (χ1v) is 6.22. The molecule has 108 valence electrons. The standard InChI is InChI=1S/C11H20N4O4/c1-9(3-2-4-16)12-6-11(17)8-14-7-10(5-13-14)15(18)19/h5,7,9,11-12,16-17H,2-4,6,8H2,1H3. The number of aliphatic hydroxyl groups excluding tert-OH is 2. The number of nitro groups is 1. The third-order valence-electron chi connectivity index (χ3n) is 2.73. The Morgan fingerprint density at radius 2 is 2.37 bits per heavy atom. The SMILES string of the molecule is CC(CCCO)NCC(O)Cn1cc([N+](=O)[O-])cn1. The van der Waals surface area contributed by atoms with Crippen LogP contribution in [0.5, 0.6) is 0 Å². The summed E-state index contributed by atoms with van der Waals surface area (Å²) >= 11 is 0. The maximum absolute atomic E-state index is 10.5. The van der Waals surface area contributed by atoms with E-state index >= 15 is 0 Å². The molecule has 0 aliphatic carbocycles. The molecule has 19 heavy (non-hydrogen) atoms. The van der Waals surface area contributed by atoms with Gasteiger partial charge in [0, 0.05) is 19.2 Å². The fourth-order valence-electron chi connectivity index (χ4n) is 1.66. The van der Waals surface area contributed by atoms with Crippen LogP contribution in [0.4, 0.5) is 5.69 Å². The zero-order valence-corrected chi connectivity index (χ0v) is 10.9. The van der Waals surface area contributed by atoms with Crippen LogP contribution >= 0.6 is 0 Å². The van der Waals surface area contributed by atoms with Gasteiger partial charge in [0.1, 0.15) is 12.4 Å². The lowest BCUT2D eigenvalue weighted by molar-refractivity contribution is -0.385. The van der Waals surface area contributed by atoms with Gasteiger partial charge in [-0.3, -0.25) is 14.8 Å². The van der Waals surface area contributed by atoms with Crippen molar-refractivity contribution in [3.8, 4) is 0 Å². The fraction of sp³-hybridized carbons (Fsp3) is 0.727. The van der Waals surface area contributed by atoms with Crippen LogP contribution in [0.1, 0.15) is 19.8 Å². The summed E-state index contributed by atoms with van der Waals surface area (Å²) < 4.78 is 1.35. The lowest BCUT2D eigenvalue weighted by Gasteiger charge is -2.16. The average Bonchev–Trinajstić information content (AvgIpc) is 2.82. The van der Waals surface area contributed by atoms with E-state index in [1.807, 2.05) is 6.92 Å². The smallest absolute Gasteiger partial charge is 0.306 e. The van der Waals surface area contributed by atoms with Crippen LogP contribution in [0.15, 0.2) is 12.4 Å². The van der Waals surface area contributed by atoms with Gasteiger partial charge in [0.2, 0.25) is 0 Å². The highest BCUT2D eigenvalue weighted by Crippen LogP contribution is 2.08. The number of aromatic nitrogens is 2. The van der Waals surface area contributed by atoms with Gasteiger partial charge in [0.25, 0.3) is 0 Å². The molecular formula is C11H20N4O4. The third kappa shape index (κ3) is 5.77. The Bertz CT molecular complexity index is 396. The number of rotatable bonds is 9. The van der Waals surface area contributed by atoms with E-state index in [1.54, 1.807) is 0 Å². The normalized spacial score (nSPS) is 14.3. The summed E-state index contributed by atoms with van der Waals surface area (Å²) in [5, 5.41) is 35.9. The van der Waals surface area contributed by atoms with Crippen LogP contribution in [-0.2, 0) is 6.54 Å². The first kappa shape index (κ1) is 15.5. The summed E-state index contributed by atoms with van der Waals surface area (Å²) in [6.07, 6.45) is 3.32. The first-order valence-electron chi connectivity index (χ1n) is 6.22. The van der Waals surface area contributed by atoms with Crippen LogP contribution in [0.25, 0.3) is 0 Å². The highest BCUT2D eigenvalue weighted by molar-refractivity contribution is 5.20. The second-order valence-corrected chi connectivity index (χ2v) is 4.51. The van der Waals surface area contributed by atoms with E-state index in [0.29, 0.717) is 6.54 Å². The molecule has 8 nitrogen and oxygen atoms in total. The van der Waals surface area contributed by atoms with Crippen LogP contribution in [-0.4, -0.2) is 50.2 Å². The van der Waals surface area contributed by atoms with Gasteiger partial charge in [-0.2, -0.15) is 5.10 Å². The molecule has 1 aromatic heterocycles. The fourth-order valence-corrected chi connectivity index (χ4v) is 1.66. The lowest BCUT2D eigenvalue weighted by Crippen LogP contribution is -2.36. The Morgan fingerprint density at radius 3 is 2.95 bits per heavy atom. The van der Waals surface area contributed by atoms with Crippen molar-refractivity contribution in [3.63, 3.8) is 0 Å². The molecule has 0 amide bonds. The van der Waals surface area contributed by atoms with Gasteiger partial charge in [-0.25, -0.2) is 0 Å². The van der Waals surface area contributed by atoms with E-state index in [9.17, 15) is 15.2 Å². The van der Waals surface area contributed by atoms with Gasteiger partial charge >= 0.3 is 5.69 Å². The molecule has 2 atom stereocenters. The second kappa shape index (κ2) is 7.82. The molecular weight excluding hydrogens is 252 g/mol. The number of nitrogens with one attached hydrogen (secondary N) is 1. The second-order valence-electron chi connectivity index (χ2n) is 4.51. The van der Waals surface area contributed by atoms with Gasteiger partial charge in [-0.1, -0.05) is 0 Å². The third-order valence-corrected chi connectivity index (χ3v) is 2.73. The summed E-state index contributed by atoms with van der Waals surface area (Å²) in [6, 6.07) is 0.203. The summed E-state index contributed by atoms with van der Waals surface area (Å²) in [5.74, 6) is 0. The summed E-state index contributed by atoms with van der Waals surface area (Å²) in [5.41, 5.74) is -0.0866. The number of aliphatic hydroxyl groups is 2. The predicted molar refractivity (Wildman–Crippen MR) is 68.7 cm³/mol. The van der Waals surface area contributed by atoms with E-state index in [-0.39, 0.29) is 24.9 Å². The zero-order valence-electron chi connectivity index (χ0n) is 10.9. The van der Waals surface area contributed by atoms with Crippen molar-refractivity contribution in [2.24, 2.45) is 0 Å². The zero-order chi connectivity index (χ0) is 14.3. The lowest BCUT2D eigenvalue weighted by atomic mass is 10.2. The molecule has 0 saturated heterocycles. The van der Waals surface area contributed by atoms with E-state index in [4.69, 9.17) is 5.11 Å². The quantitative estimate of drug-likeness (QED) is 0.427. The Balaban J connectivity index is 2.30. The number of hydrogen-bond acceptors (Lipinski definition) is 6. The minimum absolute atomic E-state index is 0.0866. The van der Waals surface area contributed by atoms with Crippen molar-refractivity contribution in [1.29, 1.82) is 0 Å². The molecule has 0 aliphatic rings. The first-order chi connectivity index (χ1) is 9.02. The van der Waals surface area contributed by atoms with Crippen molar-refractivity contribution < 1.29 is 15.1 Å². The molecule has 0 spiro atoms. The molecule has 0 aromatic carbocycles. The molecule has 2 unspecified atom stereocenters. The minimum Gasteiger partial charge on any atom is -0.396 e. The van der Waals surface area contributed by atoms with Crippen LogP contribution < -0.4 is 5.32 Å². The van der Waals surface area contributed by atoms with Gasteiger partial charge in [0.15, 0.2) is 0 Å². The molecule has 0 saturated carbocycles. The topological polar surface area (TPSA) is 113 Å². The Morgan fingerprint density at radius 1 is 1.63 bits per heavy atom. The largest absolute Gasteiger partial charge is 0.396 e. The van der Waals surface area contributed by atoms with E-state index < -0.39 is 11.0 Å². The van der Waals surface area contributed by atoms with Gasteiger partial charge in [-0.05, 0) is 19.8 Å². The minimum atomic E-state index is -0.670. The van der Waals surface area contributed by atoms with Gasteiger partial charge in [-0.15, -0.1) is 0 Å². The molecule has 8 heteroatoms. The monoisotopic (exact) mass is 272 g/mol. The van der Waals surface area contributed by atoms with Gasteiger partial charge in [0.05, 0.1) is 17.6 Å². The number of nitrogens with zero attached hydrogens (tertiary/aromatic N) is 3. The van der Waals surface area contributed by atoms with E-state index in [2.05, 4.69) is 10.4 Å². The maximum atomic E-state index is 10.5. The molecule has 0 aliphatic heterocycles. The van der Waals surface area contributed by atoms with Crippen molar-refractivity contribution >= 4 is 5.69 Å². The molecule has 1 aromatic rings. The Kier molecular flexibility index (Phi) is 6.40. The van der Waals surface area contributed by atoms with Crippen molar-refractivity contribution in [2.45, 2.75) is 38.5 Å². The summed E-state index contributed by atoms with van der Waals surface area (Å²) in [6.45, 7) is 2.71. The van der Waals surface area contributed by atoms with E-state index in [1.165, 1.54) is 10.9 Å². The number of hydrogen-bond donors (Lipinski definition) is 3. The Hall–Kier alpha value is -1.51. The summed E-state index contributed by atoms with van der Waals surface area (Å²) in [4.78, 5) is 9.95. The predicted octanol–water partition coefficient (Wildman–Crippen LogP) is -0.0972. The van der Waals surface area contributed by atoms with Crippen LogP contribution in [0.2, 0.25) is 0 Å².